The zero-order valence-electron chi connectivity index (χ0n) is 16.1. The minimum atomic E-state index is 0.639. The predicted octanol–water partition coefficient (Wildman–Crippen LogP) is 5.56. The number of benzene rings is 1. The molecule has 0 bridgehead atoms. The Morgan fingerprint density at radius 3 is 2.58 bits per heavy atom. The van der Waals surface area contributed by atoms with Crippen molar-refractivity contribution >= 4 is 11.4 Å². The highest BCUT2D eigenvalue weighted by Gasteiger charge is 2.29. The molecule has 3 heteroatoms. The van der Waals surface area contributed by atoms with Gasteiger partial charge in [-0.1, -0.05) is 49.5 Å². The Balaban J connectivity index is 1.29. The summed E-state index contributed by atoms with van der Waals surface area (Å²) in [5, 5.41) is 3.43. The number of rotatable bonds is 3. The van der Waals surface area contributed by atoms with Crippen LogP contribution in [0.15, 0.2) is 35.9 Å². The van der Waals surface area contributed by atoms with Gasteiger partial charge in [-0.3, -0.25) is 4.90 Å². The van der Waals surface area contributed by atoms with Gasteiger partial charge in [0.05, 0.1) is 11.4 Å². The third-order valence-electron chi connectivity index (χ3n) is 6.30. The lowest BCUT2D eigenvalue weighted by atomic mass is 9.98. The second-order valence-electron chi connectivity index (χ2n) is 8.23. The summed E-state index contributed by atoms with van der Waals surface area (Å²) in [6.07, 6.45) is 16.3. The van der Waals surface area contributed by atoms with Gasteiger partial charge in [0, 0.05) is 25.7 Å². The number of nitrogens with one attached hydrogen (secondary N) is 1. The quantitative estimate of drug-likeness (QED) is 0.718. The molecule has 0 saturated carbocycles. The molecular weight excluding hydrogens is 318 g/mol. The maximum Gasteiger partial charge on any atom is 0.139 e. The van der Waals surface area contributed by atoms with Gasteiger partial charge < -0.3 is 10.2 Å². The molecule has 0 amide bonds. The van der Waals surface area contributed by atoms with E-state index in [9.17, 15) is 0 Å². The van der Waals surface area contributed by atoms with E-state index in [0.29, 0.717) is 6.04 Å². The SMILES string of the molecule is [CH]1Nc2ccccc2N1C1CCN(CC2=CCCCCCCCC2)CC1. The summed E-state index contributed by atoms with van der Waals surface area (Å²) < 4.78 is 0. The lowest BCUT2D eigenvalue weighted by Gasteiger charge is -2.37. The second kappa shape index (κ2) is 8.94. The maximum atomic E-state index is 3.43. The molecule has 2 aliphatic heterocycles. The Labute approximate surface area is 159 Å². The van der Waals surface area contributed by atoms with Gasteiger partial charge in [0.2, 0.25) is 0 Å². The maximum absolute atomic E-state index is 3.43. The fourth-order valence-corrected chi connectivity index (χ4v) is 4.73. The van der Waals surface area contributed by atoms with E-state index in [-0.39, 0.29) is 0 Å². The summed E-state index contributed by atoms with van der Waals surface area (Å²) in [5.41, 5.74) is 4.31. The summed E-state index contributed by atoms with van der Waals surface area (Å²) in [5.74, 6) is 0. The summed E-state index contributed by atoms with van der Waals surface area (Å²) in [6, 6.07) is 9.31. The molecule has 1 aliphatic carbocycles. The molecular formula is C23H34N3. The van der Waals surface area contributed by atoms with E-state index >= 15 is 0 Å². The van der Waals surface area contributed by atoms with Crippen LogP contribution in [0.25, 0.3) is 0 Å². The molecule has 1 saturated heterocycles. The van der Waals surface area contributed by atoms with Crippen LogP contribution in [0.1, 0.15) is 64.2 Å². The zero-order chi connectivity index (χ0) is 17.6. The first-order valence-electron chi connectivity index (χ1n) is 10.8. The minimum absolute atomic E-state index is 0.639. The summed E-state index contributed by atoms with van der Waals surface area (Å²) in [4.78, 5) is 5.17. The summed E-state index contributed by atoms with van der Waals surface area (Å²) in [6.45, 7) is 5.85. The molecule has 1 fully saturated rings. The summed E-state index contributed by atoms with van der Waals surface area (Å²) in [7, 11) is 0. The lowest BCUT2D eigenvalue weighted by Crippen LogP contribution is -2.44. The Morgan fingerprint density at radius 1 is 0.923 bits per heavy atom. The first-order valence-corrected chi connectivity index (χ1v) is 10.8. The Kier molecular flexibility index (Phi) is 6.16. The van der Waals surface area contributed by atoms with Crippen LogP contribution >= 0.6 is 0 Å². The molecule has 0 aromatic heterocycles. The lowest BCUT2D eigenvalue weighted by molar-refractivity contribution is 0.225. The third-order valence-corrected chi connectivity index (χ3v) is 6.30. The molecule has 1 aromatic rings. The van der Waals surface area contributed by atoms with E-state index in [0.717, 1.165) is 0 Å². The highest BCUT2D eigenvalue weighted by molar-refractivity contribution is 5.77. The monoisotopic (exact) mass is 352 g/mol. The van der Waals surface area contributed by atoms with Gasteiger partial charge in [-0.05, 0) is 50.7 Å². The topological polar surface area (TPSA) is 18.5 Å². The Bertz CT molecular complexity index is 601. The van der Waals surface area contributed by atoms with Crippen LogP contribution in [0.2, 0.25) is 0 Å². The number of piperidine rings is 1. The molecule has 1 N–H and O–H groups in total. The highest BCUT2D eigenvalue weighted by atomic mass is 15.3. The number of hydrogen-bond donors (Lipinski definition) is 1. The van der Waals surface area contributed by atoms with Crippen molar-refractivity contribution in [1.29, 1.82) is 0 Å². The Hall–Kier alpha value is -1.48. The zero-order valence-corrected chi connectivity index (χ0v) is 16.1. The third kappa shape index (κ3) is 4.43. The van der Waals surface area contributed by atoms with Crippen LogP contribution in [0.3, 0.4) is 0 Å². The normalized spacial score (nSPS) is 23.2. The van der Waals surface area contributed by atoms with Crippen molar-refractivity contribution in [2.45, 2.75) is 70.3 Å². The average molecular weight is 353 g/mol. The van der Waals surface area contributed by atoms with Crippen molar-refractivity contribution < 1.29 is 0 Å². The molecule has 2 heterocycles. The van der Waals surface area contributed by atoms with Crippen molar-refractivity contribution in [1.82, 2.24) is 4.90 Å². The van der Waals surface area contributed by atoms with Crippen molar-refractivity contribution in [3.63, 3.8) is 0 Å². The first kappa shape index (κ1) is 17.9. The van der Waals surface area contributed by atoms with Gasteiger partial charge in [0.1, 0.15) is 6.67 Å². The van der Waals surface area contributed by atoms with Crippen LogP contribution in [-0.2, 0) is 0 Å². The van der Waals surface area contributed by atoms with Gasteiger partial charge in [-0.2, -0.15) is 0 Å². The number of anilines is 2. The fraction of sp³-hybridized carbons (Fsp3) is 0.609. The predicted molar refractivity (Wildman–Crippen MR) is 111 cm³/mol. The Morgan fingerprint density at radius 2 is 1.69 bits per heavy atom. The van der Waals surface area contributed by atoms with Crippen LogP contribution in [0, 0.1) is 6.67 Å². The van der Waals surface area contributed by atoms with Gasteiger partial charge >= 0.3 is 0 Å². The van der Waals surface area contributed by atoms with E-state index in [1.54, 1.807) is 5.57 Å². The van der Waals surface area contributed by atoms with Crippen molar-refractivity contribution in [2.24, 2.45) is 0 Å². The van der Waals surface area contributed by atoms with Crippen molar-refractivity contribution in [2.75, 3.05) is 29.9 Å². The van der Waals surface area contributed by atoms with E-state index in [4.69, 9.17) is 0 Å². The van der Waals surface area contributed by atoms with Crippen LogP contribution in [0.4, 0.5) is 11.4 Å². The number of fused-ring (bicyclic) bond motifs is 1. The molecule has 26 heavy (non-hydrogen) atoms. The van der Waals surface area contributed by atoms with Crippen LogP contribution < -0.4 is 10.2 Å². The number of nitrogens with zero attached hydrogens (tertiary/aromatic N) is 2. The molecule has 0 unspecified atom stereocenters. The van der Waals surface area contributed by atoms with E-state index in [1.807, 2.05) is 0 Å². The molecule has 141 valence electrons. The number of likely N-dealkylation sites (tertiary alicyclic amines) is 1. The molecule has 1 radical (unpaired) electrons. The molecule has 3 aliphatic rings. The molecule has 4 rings (SSSR count). The van der Waals surface area contributed by atoms with Crippen LogP contribution in [0.5, 0.6) is 0 Å². The fourth-order valence-electron chi connectivity index (χ4n) is 4.73. The van der Waals surface area contributed by atoms with Gasteiger partial charge in [-0.25, -0.2) is 0 Å². The molecule has 0 atom stereocenters. The number of allylic oxidation sites excluding steroid dienone is 1. The number of hydrogen-bond acceptors (Lipinski definition) is 3. The largest absolute Gasteiger partial charge is 0.360 e. The average Bonchev–Trinajstić information content (AvgIpc) is 3.12. The number of para-hydroxylation sites is 2. The van der Waals surface area contributed by atoms with E-state index in [1.165, 1.54) is 95.2 Å². The molecule has 0 spiro atoms. The van der Waals surface area contributed by atoms with E-state index < -0.39 is 0 Å². The smallest absolute Gasteiger partial charge is 0.139 e. The second-order valence-corrected chi connectivity index (χ2v) is 8.23. The van der Waals surface area contributed by atoms with Crippen LogP contribution in [-0.4, -0.2) is 30.6 Å². The molecule has 1 aromatic carbocycles. The van der Waals surface area contributed by atoms with Crippen molar-refractivity contribution in [3.05, 3.63) is 42.6 Å². The molecule has 3 nitrogen and oxygen atoms in total. The first-order chi connectivity index (χ1) is 12.9. The standard InChI is InChI=1S/C23H34N3/c1-2-4-6-10-20(11-7-5-3-1)18-25-16-14-21(15-17-25)26-19-24-22-12-8-9-13-23(22)26/h8-10,12-13,19,21,24H,1-7,11,14-18H2. The van der Waals surface area contributed by atoms with Gasteiger partial charge in [-0.15, -0.1) is 0 Å². The van der Waals surface area contributed by atoms with E-state index in [2.05, 4.69) is 52.1 Å². The minimum Gasteiger partial charge on any atom is -0.360 e. The highest BCUT2D eigenvalue weighted by Crippen LogP contribution is 2.36. The van der Waals surface area contributed by atoms with Gasteiger partial charge in [0.15, 0.2) is 0 Å². The summed E-state index contributed by atoms with van der Waals surface area (Å²) >= 11 is 0. The van der Waals surface area contributed by atoms with Crippen molar-refractivity contribution in [3.8, 4) is 0 Å². The van der Waals surface area contributed by atoms with Gasteiger partial charge in [0.25, 0.3) is 0 Å².